The molecule has 3 heterocycles. The van der Waals surface area contributed by atoms with Crippen LogP contribution in [0.25, 0.3) is 5.76 Å². The van der Waals surface area contributed by atoms with Crippen LogP contribution in [0.5, 0.6) is 17.2 Å². The van der Waals surface area contributed by atoms with E-state index in [9.17, 15) is 51.1 Å². The highest BCUT2D eigenvalue weighted by molar-refractivity contribution is 5.71. The van der Waals surface area contributed by atoms with Crippen LogP contribution < -0.4 is 4.74 Å². The third-order valence-corrected chi connectivity index (χ3v) is 7.69. The number of fused-ring (bicyclic) bond motifs is 1. The van der Waals surface area contributed by atoms with E-state index in [1.807, 2.05) is 0 Å². The van der Waals surface area contributed by atoms with Crippen LogP contribution >= 0.6 is 0 Å². The van der Waals surface area contributed by atoms with Crippen molar-refractivity contribution in [3.63, 3.8) is 0 Å². The Morgan fingerprint density at radius 1 is 0.818 bits per heavy atom. The van der Waals surface area contributed by atoms with Crippen LogP contribution in [0.2, 0.25) is 0 Å². The van der Waals surface area contributed by atoms with E-state index in [-0.39, 0.29) is 39.9 Å². The lowest BCUT2D eigenvalue weighted by Crippen LogP contribution is -2.59. The van der Waals surface area contributed by atoms with Gasteiger partial charge < -0.3 is 79.5 Å². The van der Waals surface area contributed by atoms with E-state index in [0.29, 0.717) is 0 Å². The van der Waals surface area contributed by atoms with E-state index >= 15 is 0 Å². The molecule has 242 valence electrons. The van der Waals surface area contributed by atoms with Crippen LogP contribution in [0.15, 0.2) is 53.2 Å². The van der Waals surface area contributed by atoms with E-state index in [1.165, 1.54) is 32.3 Å². The molecule has 2 saturated heterocycles. The maximum Gasteiger partial charge on any atom is 0.305 e. The maximum absolute atomic E-state index is 10.6. The minimum Gasteiger partial charge on any atom is -0.571 e. The van der Waals surface area contributed by atoms with Crippen LogP contribution in [0.1, 0.15) is 12.5 Å². The number of aliphatic hydroxyl groups excluding tert-OH is 8. The predicted molar refractivity (Wildman–Crippen MR) is 144 cm³/mol. The molecular formula is C28H35O16+. The Labute approximate surface area is 249 Å². The van der Waals surface area contributed by atoms with Gasteiger partial charge in [0.1, 0.15) is 54.2 Å². The molecule has 0 amide bonds. The summed E-state index contributed by atoms with van der Waals surface area (Å²) >= 11 is 0. The molecular weight excluding hydrogens is 592 g/mol. The van der Waals surface area contributed by atoms with Gasteiger partial charge in [0.05, 0.1) is 37.0 Å². The number of allylic oxidation sites excluding steroid dienone is 2. The molecule has 3 aliphatic heterocycles. The number of ether oxygens (including phenoxy) is 6. The molecule has 16 nitrogen and oxygen atoms in total. The summed E-state index contributed by atoms with van der Waals surface area (Å²) in [4.78, 5) is 0. The average molecular weight is 628 g/mol. The minimum absolute atomic E-state index is 0.00885. The highest BCUT2D eigenvalue weighted by Gasteiger charge is 2.48. The van der Waals surface area contributed by atoms with Crippen molar-refractivity contribution in [3.8, 4) is 17.2 Å². The summed E-state index contributed by atoms with van der Waals surface area (Å²) in [7, 11) is 1.26. The largest absolute Gasteiger partial charge is 0.571 e. The van der Waals surface area contributed by atoms with Gasteiger partial charge in [0.25, 0.3) is 0 Å². The summed E-state index contributed by atoms with van der Waals surface area (Å²) < 4.78 is 32.6. The number of rotatable bonds is 7. The predicted octanol–water partition coefficient (Wildman–Crippen LogP) is -2.39. The Morgan fingerprint density at radius 3 is 2.14 bits per heavy atom. The summed E-state index contributed by atoms with van der Waals surface area (Å²) in [6.45, 7) is 0.753. The van der Waals surface area contributed by atoms with Gasteiger partial charge in [0.15, 0.2) is 11.5 Å². The van der Waals surface area contributed by atoms with Crippen LogP contribution in [-0.2, 0) is 18.9 Å². The molecule has 0 spiro atoms. The standard InChI is InChI=1S/C28H34O16/c1-9-19(32)22(35)24(37)27(40-9)43-17-7-12-14(41-26(17)10-3-13(31)20(33)16(4-10)39-2)5-11(30)6-15(12)42-28-25(38)23(36)21(34)18(8-29)44-28/h3-7,9,14,18-19,21-25,27-38H,8H2,1-2H3/p+1. The molecule has 1 aromatic rings. The SMILES string of the molecule is COc1cc(C2=C(OC3OC(C)C(O)C(O)C3O)C=C3C(OC4OC(CO)C(O)C(O)C4O)=CC(O)=CC3[OH+]2)cc(O)c1O. The van der Waals surface area contributed by atoms with Gasteiger partial charge in [-0.2, -0.15) is 0 Å². The minimum atomic E-state index is -1.77. The number of aliphatic hydroxyl groups is 10. The van der Waals surface area contributed by atoms with Crippen molar-refractivity contribution in [1.29, 1.82) is 0 Å². The van der Waals surface area contributed by atoms with Crippen molar-refractivity contribution in [2.75, 3.05) is 13.7 Å². The highest BCUT2D eigenvalue weighted by Crippen LogP contribution is 2.43. The molecule has 11 N–H and O–H groups in total. The molecule has 5 rings (SSSR count). The monoisotopic (exact) mass is 627 g/mol. The molecule has 0 aromatic heterocycles. The van der Waals surface area contributed by atoms with E-state index in [1.54, 1.807) is 0 Å². The van der Waals surface area contributed by atoms with Crippen molar-refractivity contribution >= 4 is 5.76 Å². The lowest BCUT2D eigenvalue weighted by molar-refractivity contribution is -0.291. The maximum atomic E-state index is 10.6. The smallest absolute Gasteiger partial charge is 0.305 e. The van der Waals surface area contributed by atoms with Gasteiger partial charge in [-0.25, -0.2) is 0 Å². The molecule has 44 heavy (non-hydrogen) atoms. The first-order valence-electron chi connectivity index (χ1n) is 13.6. The van der Waals surface area contributed by atoms with E-state index < -0.39 is 85.6 Å². The van der Waals surface area contributed by atoms with Crippen LogP contribution in [0, 0.1) is 0 Å². The normalized spacial score (nSPS) is 37.2. The van der Waals surface area contributed by atoms with Gasteiger partial charge in [-0.15, -0.1) is 0 Å². The number of phenols is 2. The molecule has 0 bridgehead atoms. The average Bonchev–Trinajstić information content (AvgIpc) is 3.00. The quantitative estimate of drug-likeness (QED) is 0.112. The Balaban J connectivity index is 1.56. The second-order valence-corrected chi connectivity index (χ2v) is 10.6. The number of hydrogen-bond acceptors (Lipinski definition) is 15. The lowest BCUT2D eigenvalue weighted by Gasteiger charge is -2.41. The van der Waals surface area contributed by atoms with Gasteiger partial charge >= 0.3 is 5.76 Å². The molecule has 4 aliphatic rings. The Hall–Kier alpha value is -3.58. The molecule has 11 unspecified atom stereocenters. The van der Waals surface area contributed by atoms with Gasteiger partial charge in [0.2, 0.25) is 30.2 Å². The zero-order chi connectivity index (χ0) is 32.0. The van der Waals surface area contributed by atoms with E-state index in [0.717, 1.165) is 12.1 Å². The number of benzene rings is 1. The summed E-state index contributed by atoms with van der Waals surface area (Å²) in [6.07, 6.45) is -12.4. The Morgan fingerprint density at radius 2 is 1.48 bits per heavy atom. The van der Waals surface area contributed by atoms with Crippen molar-refractivity contribution in [2.24, 2.45) is 0 Å². The molecule has 0 radical (unpaired) electrons. The first-order chi connectivity index (χ1) is 20.8. The van der Waals surface area contributed by atoms with Gasteiger partial charge in [-0.05, 0) is 6.92 Å². The summed E-state index contributed by atoms with van der Waals surface area (Å²) in [6, 6.07) is 2.49. The fraction of sp³-hybridized carbons (Fsp3) is 0.500. The summed E-state index contributed by atoms with van der Waals surface area (Å²) in [5.74, 6) is -1.78. The lowest BCUT2D eigenvalue weighted by atomic mass is 9.96. The summed E-state index contributed by atoms with van der Waals surface area (Å²) in [5, 5.41) is 102. The first kappa shape index (κ1) is 31.8. The fourth-order valence-corrected chi connectivity index (χ4v) is 5.16. The number of aromatic hydroxyl groups is 2. The second kappa shape index (κ2) is 12.4. The zero-order valence-corrected chi connectivity index (χ0v) is 23.4. The molecule has 11 atom stereocenters. The highest BCUT2D eigenvalue weighted by atomic mass is 16.7. The van der Waals surface area contributed by atoms with Gasteiger partial charge in [-0.1, -0.05) is 0 Å². The van der Waals surface area contributed by atoms with Crippen molar-refractivity contribution in [3.05, 3.63) is 58.8 Å². The molecule has 0 saturated carbocycles. The van der Waals surface area contributed by atoms with Gasteiger partial charge in [0, 0.05) is 24.3 Å². The topological polar surface area (TPSA) is 261 Å². The van der Waals surface area contributed by atoms with Crippen LogP contribution in [0.3, 0.4) is 0 Å². The second-order valence-electron chi connectivity index (χ2n) is 10.6. The number of phenolic OH excluding ortho intramolecular Hbond substituents is 2. The van der Waals surface area contributed by atoms with Crippen LogP contribution in [0.4, 0.5) is 0 Å². The van der Waals surface area contributed by atoms with Crippen LogP contribution in [-0.4, -0.2) is 137 Å². The Bertz CT molecular complexity index is 1370. The third kappa shape index (κ3) is 5.79. The third-order valence-electron chi connectivity index (χ3n) is 7.69. The molecule has 1 aromatic carbocycles. The van der Waals surface area contributed by atoms with E-state index in [4.69, 9.17) is 23.7 Å². The fourth-order valence-electron chi connectivity index (χ4n) is 5.16. The van der Waals surface area contributed by atoms with Crippen molar-refractivity contribution in [1.82, 2.24) is 0 Å². The zero-order valence-electron chi connectivity index (χ0n) is 23.4. The first-order valence-corrected chi connectivity index (χ1v) is 13.6. The molecule has 2 fully saturated rings. The van der Waals surface area contributed by atoms with E-state index in [2.05, 4.69) is 4.74 Å². The molecule has 1 aliphatic carbocycles. The van der Waals surface area contributed by atoms with Gasteiger partial charge in [-0.3, -0.25) is 0 Å². The number of methoxy groups -OCH3 is 1. The summed E-state index contributed by atoms with van der Waals surface area (Å²) in [5.41, 5.74) is 0.354. The Kier molecular flexibility index (Phi) is 8.99. The molecule has 16 heteroatoms. The van der Waals surface area contributed by atoms with Crippen molar-refractivity contribution < 1.29 is 79.5 Å². The number of hydrogen-bond donors (Lipinski definition) is 10. The van der Waals surface area contributed by atoms with Crippen molar-refractivity contribution in [2.45, 2.75) is 74.4 Å².